The molecule has 256 valence electrons. The number of nitrogens with one attached hydrogen (secondary N) is 1. The summed E-state index contributed by atoms with van der Waals surface area (Å²) in [7, 11) is 1.31. The molecule has 0 aliphatic heterocycles. The van der Waals surface area contributed by atoms with Crippen molar-refractivity contribution in [2.24, 2.45) is 16.3 Å². The molecule has 0 saturated heterocycles. The van der Waals surface area contributed by atoms with E-state index in [-0.39, 0.29) is 11.0 Å². The Morgan fingerprint density at radius 1 is 1.09 bits per heavy atom. The van der Waals surface area contributed by atoms with Gasteiger partial charge in [0.05, 0.1) is 30.7 Å². The standard InChI is InChI=1S/C29H41F3N2O2.C5H12.C2H4O2/c1-9-11-14-23(29(30,31)32)15-12-13-20(3)27(35)34-25-18-21(4)24(19-26(25)36-10-2)33-22(5)16-17-28(6,7)8;1-4-5(2)3;1-4-2-3/h12-15,18-19H,9-11,16-17H2,1-8H3,(H,34,35);5H,4H2,1-3H3;2H,1H3/b15-12-,20-13+,23-14-,33-22?;;. The van der Waals surface area contributed by atoms with Crippen LogP contribution in [0.5, 0.6) is 5.75 Å². The highest BCUT2D eigenvalue weighted by atomic mass is 19.4. The van der Waals surface area contributed by atoms with Gasteiger partial charge in [-0.2, -0.15) is 13.2 Å². The maximum Gasteiger partial charge on any atom is 0.416 e. The molecule has 1 rings (SSSR count). The van der Waals surface area contributed by atoms with Gasteiger partial charge < -0.3 is 14.8 Å². The molecular formula is C36H57F3N2O4. The average Bonchev–Trinajstić information content (AvgIpc) is 2.95. The highest BCUT2D eigenvalue weighted by Crippen LogP contribution is 2.34. The molecule has 9 heteroatoms. The first kappa shape index (κ1) is 43.8. The van der Waals surface area contributed by atoms with Crippen molar-refractivity contribution in [3.8, 4) is 5.75 Å². The van der Waals surface area contributed by atoms with E-state index in [0.29, 0.717) is 37.4 Å². The largest absolute Gasteiger partial charge is 0.492 e. The summed E-state index contributed by atoms with van der Waals surface area (Å²) in [5.41, 5.74) is 2.92. The van der Waals surface area contributed by atoms with E-state index in [9.17, 15) is 18.0 Å². The number of rotatable bonds is 13. The first-order chi connectivity index (χ1) is 20.9. The lowest BCUT2D eigenvalue weighted by atomic mass is 9.89. The van der Waals surface area contributed by atoms with Crippen molar-refractivity contribution >= 4 is 29.5 Å². The minimum atomic E-state index is -4.44. The molecule has 0 spiro atoms. The fourth-order valence-electron chi connectivity index (χ4n) is 3.16. The number of benzene rings is 1. The van der Waals surface area contributed by atoms with Gasteiger partial charge in [0, 0.05) is 17.4 Å². The van der Waals surface area contributed by atoms with E-state index in [1.54, 1.807) is 13.0 Å². The van der Waals surface area contributed by atoms with Crippen LogP contribution >= 0.6 is 0 Å². The minimum Gasteiger partial charge on any atom is -0.492 e. The number of alkyl halides is 3. The van der Waals surface area contributed by atoms with Crippen LogP contribution in [0.25, 0.3) is 0 Å². The number of carbonyl (C=O) groups excluding carboxylic acids is 2. The quantitative estimate of drug-likeness (QED) is 0.101. The highest BCUT2D eigenvalue weighted by molar-refractivity contribution is 6.04. The van der Waals surface area contributed by atoms with E-state index in [1.165, 1.54) is 25.7 Å². The second-order valence-electron chi connectivity index (χ2n) is 12.2. The molecule has 0 bridgehead atoms. The number of methoxy groups -OCH3 is 1. The molecule has 0 aliphatic carbocycles. The zero-order chi connectivity index (χ0) is 35.2. The molecule has 0 aliphatic rings. The van der Waals surface area contributed by atoms with Gasteiger partial charge >= 0.3 is 6.18 Å². The number of aliphatic imine (C=N–C) groups is 1. The van der Waals surface area contributed by atoms with Crippen LogP contribution < -0.4 is 10.1 Å². The summed E-state index contributed by atoms with van der Waals surface area (Å²) >= 11 is 0. The summed E-state index contributed by atoms with van der Waals surface area (Å²) in [5.74, 6) is 0.947. The first-order valence-electron chi connectivity index (χ1n) is 15.6. The molecule has 45 heavy (non-hydrogen) atoms. The molecule has 1 aromatic rings. The summed E-state index contributed by atoms with van der Waals surface area (Å²) in [5, 5.41) is 2.81. The van der Waals surface area contributed by atoms with E-state index in [2.05, 4.69) is 51.6 Å². The smallest absolute Gasteiger partial charge is 0.416 e. The molecule has 0 aromatic heterocycles. The van der Waals surface area contributed by atoms with Crippen LogP contribution in [0.3, 0.4) is 0 Å². The van der Waals surface area contributed by atoms with Crippen molar-refractivity contribution in [2.75, 3.05) is 19.0 Å². The number of halogens is 3. The van der Waals surface area contributed by atoms with Gasteiger partial charge in [0.1, 0.15) is 5.75 Å². The molecule has 1 amide bonds. The molecule has 0 fully saturated rings. The topological polar surface area (TPSA) is 77.0 Å². The van der Waals surface area contributed by atoms with Gasteiger partial charge in [0.15, 0.2) is 0 Å². The summed E-state index contributed by atoms with van der Waals surface area (Å²) in [6, 6.07) is 3.61. The Hall–Kier alpha value is -3.36. The third-order valence-electron chi connectivity index (χ3n) is 6.27. The summed E-state index contributed by atoms with van der Waals surface area (Å²) in [4.78, 5) is 26.4. The average molecular weight is 639 g/mol. The Morgan fingerprint density at radius 3 is 2.11 bits per heavy atom. The number of anilines is 1. The zero-order valence-electron chi connectivity index (χ0n) is 29.6. The van der Waals surface area contributed by atoms with Crippen molar-refractivity contribution in [3.63, 3.8) is 0 Å². The molecule has 0 unspecified atom stereocenters. The van der Waals surface area contributed by atoms with Gasteiger partial charge in [-0.25, -0.2) is 0 Å². The van der Waals surface area contributed by atoms with Gasteiger partial charge in [-0.15, -0.1) is 0 Å². The maximum atomic E-state index is 13.1. The van der Waals surface area contributed by atoms with Crippen molar-refractivity contribution in [3.05, 3.63) is 53.1 Å². The van der Waals surface area contributed by atoms with Crippen molar-refractivity contribution in [1.29, 1.82) is 0 Å². The number of hydrogen-bond donors (Lipinski definition) is 1. The lowest BCUT2D eigenvalue weighted by Crippen LogP contribution is -2.14. The van der Waals surface area contributed by atoms with Crippen LogP contribution in [0.15, 0.2) is 52.6 Å². The number of amides is 1. The van der Waals surface area contributed by atoms with E-state index < -0.39 is 17.7 Å². The summed E-state index contributed by atoms with van der Waals surface area (Å²) in [6.07, 6.45) is 4.48. The van der Waals surface area contributed by atoms with Crippen LogP contribution in [0.2, 0.25) is 0 Å². The summed E-state index contributed by atoms with van der Waals surface area (Å²) < 4.78 is 49.0. The Kier molecular flexibility index (Phi) is 22.4. The number of carbonyl (C=O) groups is 2. The Labute approximate surface area is 270 Å². The number of hydrogen-bond acceptors (Lipinski definition) is 5. The number of ether oxygens (including phenoxy) is 2. The predicted molar refractivity (Wildman–Crippen MR) is 183 cm³/mol. The lowest BCUT2D eigenvalue weighted by molar-refractivity contribution is -0.126. The molecule has 0 saturated carbocycles. The Balaban J connectivity index is 0. The fourth-order valence-corrected chi connectivity index (χ4v) is 3.16. The third kappa shape index (κ3) is 21.9. The normalized spacial score (nSPS) is 12.7. The van der Waals surface area contributed by atoms with E-state index >= 15 is 0 Å². The summed E-state index contributed by atoms with van der Waals surface area (Å²) in [6.45, 7) is 23.1. The van der Waals surface area contributed by atoms with E-state index in [1.807, 2.05) is 33.8 Å². The van der Waals surface area contributed by atoms with Gasteiger partial charge in [-0.3, -0.25) is 14.6 Å². The SMILES string of the molecule is CCC(C)C.CCC/C=C(/C=C\C=C(/C)C(=O)Nc1cc(C)c(N=C(C)CCC(C)(C)C)cc1OCC)C(F)(F)F.COC=O. The number of allylic oxidation sites excluding steroid dienone is 5. The van der Waals surface area contributed by atoms with Crippen LogP contribution in [0.4, 0.5) is 24.5 Å². The minimum absolute atomic E-state index is 0.219. The van der Waals surface area contributed by atoms with Gasteiger partial charge in [0.25, 0.3) is 12.4 Å². The number of aryl methyl sites for hydroxylation is 1. The number of unbranched alkanes of at least 4 members (excludes halogenated alkanes) is 1. The second-order valence-corrected chi connectivity index (χ2v) is 12.2. The molecule has 0 radical (unpaired) electrons. The monoisotopic (exact) mass is 638 g/mol. The van der Waals surface area contributed by atoms with Crippen LogP contribution in [-0.4, -0.2) is 38.0 Å². The van der Waals surface area contributed by atoms with Crippen LogP contribution in [-0.2, 0) is 14.3 Å². The number of nitrogens with zero attached hydrogens (tertiary/aromatic N) is 1. The van der Waals surface area contributed by atoms with Gasteiger partial charge in [0.2, 0.25) is 0 Å². The predicted octanol–water partition coefficient (Wildman–Crippen LogP) is 10.9. The van der Waals surface area contributed by atoms with Gasteiger partial charge in [-0.05, 0) is 69.9 Å². The van der Waals surface area contributed by atoms with Crippen LogP contribution in [0.1, 0.15) is 107 Å². The van der Waals surface area contributed by atoms with Crippen molar-refractivity contribution < 1.29 is 32.2 Å². The van der Waals surface area contributed by atoms with Gasteiger partial charge in [-0.1, -0.05) is 85.6 Å². The fraction of sp³-hybridized carbons (Fsp3) is 0.583. The molecule has 0 heterocycles. The molecule has 0 atom stereocenters. The lowest BCUT2D eigenvalue weighted by Gasteiger charge is -2.18. The molecule has 1 N–H and O–H groups in total. The third-order valence-corrected chi connectivity index (χ3v) is 6.27. The van der Waals surface area contributed by atoms with Crippen LogP contribution in [0, 0.1) is 18.3 Å². The van der Waals surface area contributed by atoms with Crippen molar-refractivity contribution in [1.82, 2.24) is 0 Å². The Morgan fingerprint density at radius 2 is 1.67 bits per heavy atom. The van der Waals surface area contributed by atoms with E-state index in [4.69, 9.17) is 14.5 Å². The first-order valence-corrected chi connectivity index (χ1v) is 15.6. The Bertz CT molecular complexity index is 1140. The second kappa shape index (κ2) is 23.0. The maximum absolute atomic E-state index is 13.1. The molecular weight excluding hydrogens is 581 g/mol. The molecule has 6 nitrogen and oxygen atoms in total. The van der Waals surface area contributed by atoms with Crippen molar-refractivity contribution in [2.45, 2.75) is 114 Å². The zero-order valence-corrected chi connectivity index (χ0v) is 29.6. The van der Waals surface area contributed by atoms with E-state index in [0.717, 1.165) is 47.9 Å². The molecule has 1 aromatic carbocycles. The highest BCUT2D eigenvalue weighted by Gasteiger charge is 2.31.